The molecule has 0 saturated carbocycles. The second-order valence-electron chi connectivity index (χ2n) is 5.57. The van der Waals surface area contributed by atoms with Crippen molar-refractivity contribution in [2.75, 3.05) is 13.1 Å². The molecule has 1 fully saturated rings. The predicted molar refractivity (Wildman–Crippen MR) is 79.1 cm³/mol. The first-order chi connectivity index (χ1) is 9.60. The zero-order chi connectivity index (χ0) is 14.5. The lowest BCUT2D eigenvalue weighted by molar-refractivity contribution is -0.131. The fraction of sp³-hybridized carbons (Fsp3) is 0.500. The molecule has 0 aromatic heterocycles. The van der Waals surface area contributed by atoms with Crippen LogP contribution in [0.25, 0.3) is 0 Å². The van der Waals surface area contributed by atoms with Gasteiger partial charge in [-0.3, -0.25) is 4.79 Å². The molecule has 1 unspecified atom stereocenters. The van der Waals surface area contributed by atoms with E-state index in [2.05, 4.69) is 30.3 Å². The summed E-state index contributed by atoms with van der Waals surface area (Å²) in [5, 5.41) is 12.2. The van der Waals surface area contributed by atoms with E-state index in [4.69, 9.17) is 5.21 Å². The van der Waals surface area contributed by atoms with Gasteiger partial charge in [-0.2, -0.15) is 0 Å². The van der Waals surface area contributed by atoms with Crippen molar-refractivity contribution in [1.82, 2.24) is 4.90 Å². The molecule has 1 heterocycles. The number of nitrogens with zero attached hydrogens (tertiary/aromatic N) is 2. The number of piperidine rings is 1. The van der Waals surface area contributed by atoms with E-state index in [1.165, 1.54) is 11.1 Å². The lowest BCUT2D eigenvalue weighted by Gasteiger charge is -2.31. The maximum Gasteiger partial charge on any atom is 0.222 e. The van der Waals surface area contributed by atoms with Crippen LogP contribution in [0.5, 0.6) is 0 Å². The van der Waals surface area contributed by atoms with E-state index in [1.807, 2.05) is 17.9 Å². The van der Waals surface area contributed by atoms with Gasteiger partial charge < -0.3 is 10.1 Å². The van der Waals surface area contributed by atoms with Crippen LogP contribution in [0, 0.1) is 12.8 Å². The Kier molecular flexibility index (Phi) is 4.77. The van der Waals surface area contributed by atoms with E-state index in [0.717, 1.165) is 12.1 Å². The lowest BCUT2D eigenvalue weighted by atomic mass is 9.97. The zero-order valence-electron chi connectivity index (χ0n) is 12.2. The second-order valence-corrected chi connectivity index (χ2v) is 5.57. The molecule has 1 N–H and O–H groups in total. The van der Waals surface area contributed by atoms with Crippen molar-refractivity contribution in [3.05, 3.63) is 35.4 Å². The summed E-state index contributed by atoms with van der Waals surface area (Å²) in [6.07, 6.45) is 2.00. The minimum absolute atomic E-state index is 0.150. The molecule has 1 aliphatic rings. The molecule has 4 heteroatoms. The molecule has 20 heavy (non-hydrogen) atoms. The van der Waals surface area contributed by atoms with E-state index < -0.39 is 0 Å². The van der Waals surface area contributed by atoms with Crippen LogP contribution in [-0.2, 0) is 11.2 Å². The van der Waals surface area contributed by atoms with Gasteiger partial charge in [-0.05, 0) is 18.9 Å². The van der Waals surface area contributed by atoms with Crippen LogP contribution in [0.4, 0.5) is 0 Å². The molecule has 1 atom stereocenters. The number of rotatable bonds is 3. The van der Waals surface area contributed by atoms with Gasteiger partial charge >= 0.3 is 0 Å². The van der Waals surface area contributed by atoms with Crippen LogP contribution < -0.4 is 0 Å². The van der Waals surface area contributed by atoms with Gasteiger partial charge in [-0.1, -0.05) is 41.9 Å². The normalized spacial score (nSPS) is 21.2. The van der Waals surface area contributed by atoms with E-state index in [-0.39, 0.29) is 11.8 Å². The standard InChI is InChI=1S/C16H22N2O2/c1-12-4-3-5-14(10-12)6-7-16(19)18-9-8-15(17-20)13(2)11-18/h3-5,10,13,20H,6-9,11H2,1-2H3/b17-15+. The smallest absolute Gasteiger partial charge is 0.222 e. The van der Waals surface area contributed by atoms with Gasteiger partial charge in [0.1, 0.15) is 0 Å². The maximum absolute atomic E-state index is 12.2. The van der Waals surface area contributed by atoms with Gasteiger partial charge in [0.25, 0.3) is 0 Å². The van der Waals surface area contributed by atoms with Gasteiger partial charge in [0.2, 0.25) is 5.91 Å². The molecule has 0 radical (unpaired) electrons. The SMILES string of the molecule is Cc1cccc(CCC(=O)N2CC/C(=N\O)C(C)C2)c1. The summed E-state index contributed by atoms with van der Waals surface area (Å²) >= 11 is 0. The molecule has 2 rings (SSSR count). The monoisotopic (exact) mass is 274 g/mol. The zero-order valence-corrected chi connectivity index (χ0v) is 12.2. The van der Waals surface area contributed by atoms with Crippen LogP contribution >= 0.6 is 0 Å². The number of carbonyl (C=O) groups excluding carboxylic acids is 1. The fourth-order valence-electron chi connectivity index (χ4n) is 2.68. The molecule has 4 nitrogen and oxygen atoms in total. The molecule has 0 spiro atoms. The van der Waals surface area contributed by atoms with Crippen LogP contribution in [0.15, 0.2) is 29.4 Å². The van der Waals surface area contributed by atoms with Crippen LogP contribution in [-0.4, -0.2) is 34.8 Å². The number of carbonyl (C=O) groups is 1. The summed E-state index contributed by atoms with van der Waals surface area (Å²) in [6.45, 7) is 5.38. The molecular weight excluding hydrogens is 252 g/mol. The van der Waals surface area contributed by atoms with Crippen molar-refractivity contribution >= 4 is 11.6 Å². The summed E-state index contributed by atoms with van der Waals surface area (Å²) in [6, 6.07) is 8.29. The molecule has 1 aliphatic heterocycles. The van der Waals surface area contributed by atoms with E-state index in [9.17, 15) is 4.79 Å². The first kappa shape index (κ1) is 14.6. The Balaban J connectivity index is 1.87. The third-order valence-corrected chi connectivity index (χ3v) is 3.89. The number of hydrogen-bond acceptors (Lipinski definition) is 3. The topological polar surface area (TPSA) is 52.9 Å². The summed E-state index contributed by atoms with van der Waals surface area (Å²) in [5.41, 5.74) is 3.24. The van der Waals surface area contributed by atoms with Gasteiger partial charge in [0, 0.05) is 31.8 Å². The molecule has 0 aliphatic carbocycles. The molecule has 108 valence electrons. The van der Waals surface area contributed by atoms with Crippen LogP contribution in [0.1, 0.15) is 30.9 Å². The van der Waals surface area contributed by atoms with Crippen molar-refractivity contribution < 1.29 is 10.0 Å². The summed E-state index contributed by atoms with van der Waals surface area (Å²) in [7, 11) is 0. The van der Waals surface area contributed by atoms with Crippen LogP contribution in [0.2, 0.25) is 0 Å². The third kappa shape index (κ3) is 3.59. The first-order valence-electron chi connectivity index (χ1n) is 7.14. The van der Waals surface area contributed by atoms with Crippen molar-refractivity contribution in [1.29, 1.82) is 0 Å². The summed E-state index contributed by atoms with van der Waals surface area (Å²) in [4.78, 5) is 14.1. The molecule has 1 amide bonds. The Morgan fingerprint density at radius 1 is 1.50 bits per heavy atom. The molecular formula is C16H22N2O2. The number of aryl methyl sites for hydroxylation is 2. The highest BCUT2D eigenvalue weighted by Gasteiger charge is 2.25. The quantitative estimate of drug-likeness (QED) is 0.680. The highest BCUT2D eigenvalue weighted by atomic mass is 16.4. The Labute approximate surface area is 120 Å². The van der Waals surface area contributed by atoms with Crippen LogP contribution in [0.3, 0.4) is 0 Å². The Morgan fingerprint density at radius 2 is 2.30 bits per heavy atom. The Hall–Kier alpha value is -1.84. The fourth-order valence-corrected chi connectivity index (χ4v) is 2.68. The molecule has 1 saturated heterocycles. The first-order valence-corrected chi connectivity index (χ1v) is 7.14. The lowest BCUT2D eigenvalue weighted by Crippen LogP contribution is -2.43. The van der Waals surface area contributed by atoms with Gasteiger partial charge in [-0.25, -0.2) is 0 Å². The second kappa shape index (κ2) is 6.55. The minimum atomic E-state index is 0.150. The summed E-state index contributed by atoms with van der Waals surface area (Å²) < 4.78 is 0. The van der Waals surface area contributed by atoms with Crippen molar-refractivity contribution in [3.8, 4) is 0 Å². The average molecular weight is 274 g/mol. The van der Waals surface area contributed by atoms with Gasteiger partial charge in [0.15, 0.2) is 0 Å². The number of amides is 1. The highest BCUT2D eigenvalue weighted by Crippen LogP contribution is 2.15. The van der Waals surface area contributed by atoms with Crippen molar-refractivity contribution in [3.63, 3.8) is 0 Å². The Morgan fingerprint density at radius 3 is 2.95 bits per heavy atom. The summed E-state index contributed by atoms with van der Waals surface area (Å²) in [5.74, 6) is 0.340. The largest absolute Gasteiger partial charge is 0.411 e. The Bertz CT molecular complexity index is 511. The minimum Gasteiger partial charge on any atom is -0.411 e. The maximum atomic E-state index is 12.2. The van der Waals surface area contributed by atoms with E-state index >= 15 is 0 Å². The molecule has 0 bridgehead atoms. The predicted octanol–water partition coefficient (Wildman–Crippen LogP) is 2.63. The van der Waals surface area contributed by atoms with E-state index in [0.29, 0.717) is 25.9 Å². The number of hydrogen-bond donors (Lipinski definition) is 1. The molecule has 1 aromatic carbocycles. The molecule has 1 aromatic rings. The third-order valence-electron chi connectivity index (χ3n) is 3.89. The van der Waals surface area contributed by atoms with Gasteiger partial charge in [0.05, 0.1) is 5.71 Å². The number of oxime groups is 1. The average Bonchev–Trinajstić information content (AvgIpc) is 2.44. The highest BCUT2D eigenvalue weighted by molar-refractivity contribution is 5.89. The van der Waals surface area contributed by atoms with Crippen molar-refractivity contribution in [2.24, 2.45) is 11.1 Å². The number of likely N-dealkylation sites (tertiary alicyclic amines) is 1. The number of benzene rings is 1. The van der Waals surface area contributed by atoms with Gasteiger partial charge in [-0.15, -0.1) is 0 Å². The van der Waals surface area contributed by atoms with E-state index in [1.54, 1.807) is 0 Å². The van der Waals surface area contributed by atoms with Crippen molar-refractivity contribution in [2.45, 2.75) is 33.1 Å².